The Bertz CT molecular complexity index is 1120. The third-order valence-corrected chi connectivity index (χ3v) is 8.70. The van der Waals surface area contributed by atoms with E-state index in [1.807, 2.05) is 6.92 Å². The van der Waals surface area contributed by atoms with Gasteiger partial charge in [-0.25, -0.2) is 4.39 Å². The fourth-order valence-corrected chi connectivity index (χ4v) is 6.54. The van der Waals surface area contributed by atoms with Crippen LogP contribution in [0.4, 0.5) is 8.78 Å². The molecule has 8 nitrogen and oxygen atoms in total. The third-order valence-electron chi connectivity index (χ3n) is 8.70. The second kappa shape index (κ2) is 11.9. The van der Waals surface area contributed by atoms with E-state index in [1.165, 1.54) is 26.4 Å². The maximum atomic E-state index is 15.0. The van der Waals surface area contributed by atoms with Crippen molar-refractivity contribution in [3.63, 3.8) is 0 Å². The molecule has 1 aromatic carbocycles. The lowest BCUT2D eigenvalue weighted by atomic mass is 9.75. The number of rotatable bonds is 10. The Morgan fingerprint density at radius 1 is 1.10 bits per heavy atom. The molecule has 4 atom stereocenters. The van der Waals surface area contributed by atoms with E-state index in [9.17, 15) is 18.8 Å². The molecule has 0 aromatic heterocycles. The summed E-state index contributed by atoms with van der Waals surface area (Å²) >= 11 is 0. The van der Waals surface area contributed by atoms with Gasteiger partial charge >= 0.3 is 5.97 Å². The molecule has 0 spiro atoms. The molecule has 0 heterocycles. The van der Waals surface area contributed by atoms with Crippen molar-refractivity contribution < 1.29 is 37.4 Å². The van der Waals surface area contributed by atoms with Crippen molar-refractivity contribution in [3.8, 4) is 11.5 Å². The standard InChI is InChI=1S/C29H38F2N2O6/c1-16(9-12-30)32-27(35)23-17-5-6-18(13-17)24(23)33-26(34)21-14-20(15-22(31)25(21)37-3)39-19-7-10-29(2,11-8-19)28(36)38-4/h14-15,17-19,23-24H,1,5-13H2,2-4H3,(H,32,35)(H,33,34)/t17-,18+,19?,23+,24-,29?/m1/s1. The number of hydrogen-bond acceptors (Lipinski definition) is 6. The van der Waals surface area contributed by atoms with Crippen LogP contribution in [-0.4, -0.2) is 50.8 Å². The van der Waals surface area contributed by atoms with Crippen LogP contribution in [0.2, 0.25) is 0 Å². The van der Waals surface area contributed by atoms with E-state index in [2.05, 4.69) is 17.2 Å². The SMILES string of the molecule is C=C(CCF)NC(=O)[C@H]1[C@@H]2CC[C@@H](C2)[C@H]1NC(=O)c1cc(OC2CCC(C)(C(=O)OC)CC2)cc(F)c1OC. The number of fused-ring (bicyclic) bond motifs is 2. The number of amides is 2. The maximum absolute atomic E-state index is 15.0. The summed E-state index contributed by atoms with van der Waals surface area (Å²) in [5.74, 6) is -2.11. The number of alkyl halides is 1. The van der Waals surface area contributed by atoms with Gasteiger partial charge in [-0.15, -0.1) is 0 Å². The number of carbonyl (C=O) groups excluding carboxylic acids is 3. The molecule has 2 bridgehead atoms. The molecular formula is C29H38F2N2O6. The van der Waals surface area contributed by atoms with E-state index in [4.69, 9.17) is 14.2 Å². The van der Waals surface area contributed by atoms with Crippen molar-refractivity contribution in [1.82, 2.24) is 10.6 Å². The maximum Gasteiger partial charge on any atom is 0.311 e. The summed E-state index contributed by atoms with van der Waals surface area (Å²) < 4.78 is 43.9. The largest absolute Gasteiger partial charge is 0.493 e. The third kappa shape index (κ3) is 6.04. The molecular weight excluding hydrogens is 510 g/mol. The van der Waals surface area contributed by atoms with Crippen molar-refractivity contribution in [2.75, 3.05) is 20.9 Å². The van der Waals surface area contributed by atoms with E-state index in [0.29, 0.717) is 31.4 Å². The molecule has 3 aliphatic carbocycles. The molecule has 10 heteroatoms. The molecule has 2 N–H and O–H groups in total. The van der Waals surface area contributed by atoms with Crippen LogP contribution in [-0.2, 0) is 14.3 Å². The summed E-state index contributed by atoms with van der Waals surface area (Å²) in [5.41, 5.74) is -0.294. The molecule has 0 radical (unpaired) electrons. The Hall–Kier alpha value is -3.17. The number of hydrogen-bond donors (Lipinski definition) is 2. The lowest BCUT2D eigenvalue weighted by Crippen LogP contribution is -2.49. The molecule has 4 rings (SSSR count). The highest BCUT2D eigenvalue weighted by atomic mass is 19.1. The van der Waals surface area contributed by atoms with E-state index in [0.717, 1.165) is 19.3 Å². The van der Waals surface area contributed by atoms with Gasteiger partial charge in [0.2, 0.25) is 5.91 Å². The van der Waals surface area contributed by atoms with Gasteiger partial charge < -0.3 is 24.8 Å². The predicted octanol–water partition coefficient (Wildman–Crippen LogP) is 4.47. The van der Waals surface area contributed by atoms with Crippen molar-refractivity contribution in [2.45, 2.75) is 70.4 Å². The van der Waals surface area contributed by atoms with E-state index < -0.39 is 35.8 Å². The van der Waals surface area contributed by atoms with Crippen LogP contribution in [0, 0.1) is 29.0 Å². The first-order valence-electron chi connectivity index (χ1n) is 13.6. The average molecular weight is 549 g/mol. The minimum absolute atomic E-state index is 0.0218. The van der Waals surface area contributed by atoms with E-state index in [1.54, 1.807) is 0 Å². The van der Waals surface area contributed by atoms with Gasteiger partial charge in [0.1, 0.15) is 5.75 Å². The predicted molar refractivity (Wildman–Crippen MR) is 139 cm³/mol. The van der Waals surface area contributed by atoms with Gasteiger partial charge in [0.25, 0.3) is 5.91 Å². The summed E-state index contributed by atoms with van der Waals surface area (Å²) in [5, 5.41) is 5.66. The van der Waals surface area contributed by atoms with Crippen LogP contribution in [0.1, 0.15) is 68.6 Å². The zero-order valence-corrected chi connectivity index (χ0v) is 22.8. The average Bonchev–Trinajstić information content (AvgIpc) is 3.51. The molecule has 3 saturated carbocycles. The normalized spacial score (nSPS) is 29.4. The molecule has 2 amide bonds. The lowest BCUT2D eigenvalue weighted by molar-refractivity contribution is -0.154. The minimum Gasteiger partial charge on any atom is -0.493 e. The molecule has 3 fully saturated rings. The van der Waals surface area contributed by atoms with Gasteiger partial charge in [0.05, 0.1) is 43.9 Å². The van der Waals surface area contributed by atoms with E-state index in [-0.39, 0.29) is 53.3 Å². The lowest BCUT2D eigenvalue weighted by Gasteiger charge is -2.35. The topological polar surface area (TPSA) is 103 Å². The summed E-state index contributed by atoms with van der Waals surface area (Å²) in [7, 11) is 2.66. The zero-order valence-electron chi connectivity index (χ0n) is 22.8. The number of esters is 1. The molecule has 214 valence electrons. The van der Waals surface area contributed by atoms with Gasteiger partial charge in [-0.05, 0) is 69.8 Å². The number of benzene rings is 1. The second-order valence-corrected chi connectivity index (χ2v) is 11.2. The Labute approximate surface area is 227 Å². The minimum atomic E-state index is -0.736. The quantitative estimate of drug-likeness (QED) is 0.419. The number of halogens is 2. The Morgan fingerprint density at radius 2 is 1.79 bits per heavy atom. The molecule has 3 aliphatic rings. The fraction of sp³-hybridized carbons (Fsp3) is 0.621. The first-order valence-corrected chi connectivity index (χ1v) is 13.6. The first-order chi connectivity index (χ1) is 18.6. The van der Waals surface area contributed by atoms with Crippen LogP contribution in [0.5, 0.6) is 11.5 Å². The first kappa shape index (κ1) is 28.8. The van der Waals surface area contributed by atoms with Crippen LogP contribution in [0.3, 0.4) is 0 Å². The van der Waals surface area contributed by atoms with Gasteiger partial charge in [0.15, 0.2) is 11.6 Å². The van der Waals surface area contributed by atoms with Crippen LogP contribution >= 0.6 is 0 Å². The number of carbonyl (C=O) groups is 3. The van der Waals surface area contributed by atoms with Crippen molar-refractivity contribution in [1.29, 1.82) is 0 Å². The van der Waals surface area contributed by atoms with Crippen molar-refractivity contribution in [2.24, 2.45) is 23.2 Å². The Balaban J connectivity index is 1.48. The van der Waals surface area contributed by atoms with Crippen LogP contribution in [0.15, 0.2) is 24.4 Å². The highest BCUT2D eigenvalue weighted by molar-refractivity contribution is 5.98. The van der Waals surface area contributed by atoms with Gasteiger partial charge in [-0.1, -0.05) is 6.58 Å². The smallest absolute Gasteiger partial charge is 0.311 e. The monoisotopic (exact) mass is 548 g/mol. The van der Waals surface area contributed by atoms with Gasteiger partial charge in [-0.2, -0.15) is 0 Å². The Kier molecular flexibility index (Phi) is 8.81. The van der Waals surface area contributed by atoms with Crippen molar-refractivity contribution >= 4 is 17.8 Å². The summed E-state index contributed by atoms with van der Waals surface area (Å²) in [6.07, 6.45) is 4.65. The second-order valence-electron chi connectivity index (χ2n) is 11.2. The van der Waals surface area contributed by atoms with Crippen LogP contribution < -0.4 is 20.1 Å². The summed E-state index contributed by atoms with van der Waals surface area (Å²) in [6.45, 7) is 4.95. The van der Waals surface area contributed by atoms with E-state index >= 15 is 4.39 Å². The number of methoxy groups -OCH3 is 2. The zero-order chi connectivity index (χ0) is 28.3. The van der Waals surface area contributed by atoms with Gasteiger partial charge in [0, 0.05) is 24.2 Å². The molecule has 0 saturated heterocycles. The highest BCUT2D eigenvalue weighted by Gasteiger charge is 2.51. The number of nitrogens with one attached hydrogen (secondary N) is 2. The Morgan fingerprint density at radius 3 is 2.44 bits per heavy atom. The highest BCUT2D eigenvalue weighted by Crippen LogP contribution is 2.49. The van der Waals surface area contributed by atoms with Crippen LogP contribution in [0.25, 0.3) is 0 Å². The molecule has 0 unspecified atom stereocenters. The fourth-order valence-electron chi connectivity index (χ4n) is 6.54. The number of ether oxygens (including phenoxy) is 3. The summed E-state index contributed by atoms with van der Waals surface area (Å²) in [4.78, 5) is 38.6. The molecule has 39 heavy (non-hydrogen) atoms. The summed E-state index contributed by atoms with van der Waals surface area (Å²) in [6, 6.07) is 2.20. The van der Waals surface area contributed by atoms with Gasteiger partial charge in [-0.3, -0.25) is 18.8 Å². The molecule has 1 aromatic rings. The number of allylic oxidation sites excluding steroid dienone is 1. The van der Waals surface area contributed by atoms with Crippen molar-refractivity contribution in [3.05, 3.63) is 35.8 Å². The molecule has 0 aliphatic heterocycles.